The Hall–Kier alpha value is -2.44. The molecule has 112 valence electrons. The number of nitrogens with zero attached hydrogens (tertiary/aromatic N) is 1. The largest absolute Gasteiger partial charge is 0.321 e. The van der Waals surface area contributed by atoms with E-state index in [1.165, 1.54) is 42.5 Å². The van der Waals surface area contributed by atoms with Crippen LogP contribution in [0.1, 0.15) is 20.7 Å². The predicted octanol–water partition coefficient (Wildman–Crippen LogP) is 3.88. The molecule has 2 aromatic rings. The molecule has 0 saturated carbocycles. The fourth-order valence-electron chi connectivity index (χ4n) is 1.71. The number of hydrogen-bond donors (Lipinski definition) is 1. The summed E-state index contributed by atoms with van der Waals surface area (Å²) in [5.74, 6) is -0.518. The third kappa shape index (κ3) is 3.41. The Balaban J connectivity index is 2.24. The van der Waals surface area contributed by atoms with Crippen molar-refractivity contribution in [3.63, 3.8) is 0 Å². The fourth-order valence-corrected chi connectivity index (χ4v) is 2.17. The number of nitro benzene ring substituents is 1. The van der Waals surface area contributed by atoms with E-state index in [1.807, 2.05) is 0 Å². The predicted molar refractivity (Wildman–Crippen MR) is 82.7 cm³/mol. The highest BCUT2D eigenvalue weighted by Gasteiger charge is 2.15. The Kier molecular flexibility index (Phi) is 4.75. The van der Waals surface area contributed by atoms with Crippen molar-refractivity contribution in [1.29, 1.82) is 0 Å². The van der Waals surface area contributed by atoms with Crippen molar-refractivity contribution in [3.8, 4) is 0 Å². The zero-order chi connectivity index (χ0) is 16.3. The molecule has 6 nitrogen and oxygen atoms in total. The number of non-ortho nitro benzene ring substituents is 1. The van der Waals surface area contributed by atoms with Gasteiger partial charge in [0.2, 0.25) is 0 Å². The van der Waals surface area contributed by atoms with Crippen molar-refractivity contribution >= 4 is 45.7 Å². The molecule has 0 aliphatic heterocycles. The normalized spacial score (nSPS) is 10.1. The number of rotatable bonds is 4. The number of halogens is 2. The summed E-state index contributed by atoms with van der Waals surface area (Å²) in [5, 5.41) is 12.4. The van der Waals surface area contributed by atoms with Gasteiger partial charge in [0.05, 0.1) is 21.2 Å². The van der Waals surface area contributed by atoms with Gasteiger partial charge in [-0.3, -0.25) is 19.7 Å². The molecule has 8 heteroatoms. The van der Waals surface area contributed by atoms with Gasteiger partial charge in [-0.25, -0.2) is 0 Å². The lowest BCUT2D eigenvalue weighted by molar-refractivity contribution is -0.384. The molecule has 2 rings (SSSR count). The Bertz CT molecular complexity index is 760. The van der Waals surface area contributed by atoms with E-state index >= 15 is 0 Å². The van der Waals surface area contributed by atoms with Crippen molar-refractivity contribution in [3.05, 3.63) is 68.7 Å². The maximum Gasteiger partial charge on any atom is 0.269 e. The number of amides is 1. The SMILES string of the molecule is O=C(Nc1cccc(C(=O)Cl)c1Cl)c1ccc([N+](=O)[O-])cc1. The molecular weight excluding hydrogens is 331 g/mol. The van der Waals surface area contributed by atoms with E-state index in [1.54, 1.807) is 0 Å². The lowest BCUT2D eigenvalue weighted by Crippen LogP contribution is -2.12. The minimum atomic E-state index is -0.739. The van der Waals surface area contributed by atoms with Crippen LogP contribution in [0.15, 0.2) is 42.5 Å². The first kappa shape index (κ1) is 15.9. The number of nitrogens with one attached hydrogen (secondary N) is 1. The monoisotopic (exact) mass is 338 g/mol. The van der Waals surface area contributed by atoms with Gasteiger partial charge in [0.15, 0.2) is 0 Å². The number of carbonyl (C=O) groups is 2. The summed E-state index contributed by atoms with van der Waals surface area (Å²) in [6.45, 7) is 0. The molecule has 0 bridgehead atoms. The number of hydrogen-bond acceptors (Lipinski definition) is 4. The van der Waals surface area contributed by atoms with Crippen LogP contribution in [0.4, 0.5) is 11.4 Å². The molecule has 0 aromatic heterocycles. The first-order valence-electron chi connectivity index (χ1n) is 5.94. The Morgan fingerprint density at radius 3 is 2.27 bits per heavy atom. The quantitative estimate of drug-likeness (QED) is 0.520. The summed E-state index contributed by atoms with van der Waals surface area (Å²) in [7, 11) is 0. The maximum absolute atomic E-state index is 12.1. The van der Waals surface area contributed by atoms with Crippen molar-refractivity contribution in [2.24, 2.45) is 0 Å². The van der Waals surface area contributed by atoms with Gasteiger partial charge in [-0.1, -0.05) is 17.7 Å². The third-order valence-corrected chi connectivity index (χ3v) is 3.41. The Morgan fingerprint density at radius 2 is 1.73 bits per heavy atom. The number of anilines is 1. The van der Waals surface area contributed by atoms with Crippen LogP contribution in [-0.4, -0.2) is 16.1 Å². The zero-order valence-electron chi connectivity index (χ0n) is 10.9. The van der Waals surface area contributed by atoms with E-state index in [-0.39, 0.29) is 27.5 Å². The van der Waals surface area contributed by atoms with Gasteiger partial charge in [0, 0.05) is 17.7 Å². The van der Waals surface area contributed by atoms with E-state index in [4.69, 9.17) is 23.2 Å². The van der Waals surface area contributed by atoms with Crippen molar-refractivity contribution in [2.75, 3.05) is 5.32 Å². The second-order valence-corrected chi connectivity index (χ2v) is 4.92. The van der Waals surface area contributed by atoms with Crippen LogP contribution in [0.3, 0.4) is 0 Å². The third-order valence-electron chi connectivity index (χ3n) is 2.80. The minimum Gasteiger partial charge on any atom is -0.321 e. The molecule has 0 aliphatic rings. The smallest absolute Gasteiger partial charge is 0.269 e. The Labute approximate surface area is 134 Å². The van der Waals surface area contributed by atoms with E-state index in [2.05, 4.69) is 5.32 Å². The zero-order valence-corrected chi connectivity index (χ0v) is 12.4. The van der Waals surface area contributed by atoms with Gasteiger partial charge < -0.3 is 5.32 Å². The van der Waals surface area contributed by atoms with Crippen LogP contribution in [0.5, 0.6) is 0 Å². The minimum absolute atomic E-state index is 0.0257. The van der Waals surface area contributed by atoms with E-state index in [9.17, 15) is 19.7 Å². The summed E-state index contributed by atoms with van der Waals surface area (Å²) < 4.78 is 0. The molecule has 1 amide bonds. The van der Waals surface area contributed by atoms with Crippen molar-refractivity contribution in [1.82, 2.24) is 0 Å². The standard InChI is InChI=1S/C14H8Cl2N2O4/c15-12-10(13(16)19)2-1-3-11(12)17-14(20)8-4-6-9(7-5-8)18(21)22/h1-7H,(H,17,20). The van der Waals surface area contributed by atoms with Crippen LogP contribution >= 0.6 is 23.2 Å². The second kappa shape index (κ2) is 6.55. The van der Waals surface area contributed by atoms with Crippen molar-refractivity contribution in [2.45, 2.75) is 0 Å². The van der Waals surface area contributed by atoms with Crippen LogP contribution in [-0.2, 0) is 0 Å². The Morgan fingerprint density at radius 1 is 1.09 bits per heavy atom. The molecule has 0 spiro atoms. The molecule has 0 heterocycles. The second-order valence-electron chi connectivity index (χ2n) is 4.20. The molecule has 0 fully saturated rings. The highest BCUT2D eigenvalue weighted by molar-refractivity contribution is 6.69. The van der Waals surface area contributed by atoms with Gasteiger partial charge in [-0.05, 0) is 35.9 Å². The number of carbonyl (C=O) groups excluding carboxylic acids is 2. The molecule has 0 aliphatic carbocycles. The highest BCUT2D eigenvalue weighted by Crippen LogP contribution is 2.27. The molecule has 1 N–H and O–H groups in total. The van der Waals surface area contributed by atoms with E-state index < -0.39 is 16.1 Å². The van der Waals surface area contributed by atoms with Crippen LogP contribution in [0, 0.1) is 10.1 Å². The molecule has 22 heavy (non-hydrogen) atoms. The maximum atomic E-state index is 12.1. The molecular formula is C14H8Cl2N2O4. The van der Waals surface area contributed by atoms with Crippen molar-refractivity contribution < 1.29 is 14.5 Å². The average molecular weight is 339 g/mol. The van der Waals surface area contributed by atoms with Gasteiger partial charge in [-0.15, -0.1) is 0 Å². The van der Waals surface area contributed by atoms with Crippen LogP contribution in [0.2, 0.25) is 5.02 Å². The lowest BCUT2D eigenvalue weighted by Gasteiger charge is -2.09. The summed E-state index contributed by atoms with van der Waals surface area (Å²) >= 11 is 11.4. The number of nitro groups is 1. The molecule has 0 saturated heterocycles. The molecule has 2 aromatic carbocycles. The van der Waals surface area contributed by atoms with Crippen LogP contribution < -0.4 is 5.32 Å². The van der Waals surface area contributed by atoms with Gasteiger partial charge in [-0.2, -0.15) is 0 Å². The summed E-state index contributed by atoms with van der Waals surface area (Å²) in [4.78, 5) is 33.3. The van der Waals surface area contributed by atoms with E-state index in [0.717, 1.165) is 0 Å². The highest BCUT2D eigenvalue weighted by atomic mass is 35.5. The van der Waals surface area contributed by atoms with Gasteiger partial charge >= 0.3 is 0 Å². The first-order valence-corrected chi connectivity index (χ1v) is 6.70. The van der Waals surface area contributed by atoms with Gasteiger partial charge in [0.1, 0.15) is 0 Å². The summed E-state index contributed by atoms with van der Waals surface area (Å²) in [5.41, 5.74) is 0.384. The topological polar surface area (TPSA) is 89.3 Å². The summed E-state index contributed by atoms with van der Waals surface area (Å²) in [6, 6.07) is 9.53. The molecule has 0 atom stereocenters. The lowest BCUT2D eigenvalue weighted by atomic mass is 10.1. The van der Waals surface area contributed by atoms with Gasteiger partial charge in [0.25, 0.3) is 16.8 Å². The van der Waals surface area contributed by atoms with E-state index in [0.29, 0.717) is 0 Å². The number of benzene rings is 2. The first-order chi connectivity index (χ1) is 10.4. The fraction of sp³-hybridized carbons (Fsp3) is 0. The summed E-state index contributed by atoms with van der Waals surface area (Å²) in [6.07, 6.45) is 0. The molecule has 0 radical (unpaired) electrons. The molecule has 0 unspecified atom stereocenters. The van der Waals surface area contributed by atoms with Crippen LogP contribution in [0.25, 0.3) is 0 Å². The average Bonchev–Trinajstić information content (AvgIpc) is 2.49.